The second-order valence-corrected chi connectivity index (χ2v) is 3.99. The Hall–Kier alpha value is -1.09. The molecule has 0 saturated heterocycles. The Bertz CT molecular complexity index is 482. The Balaban J connectivity index is 2.79. The van der Waals surface area contributed by atoms with Crippen molar-refractivity contribution in [3.05, 3.63) is 34.4 Å². The standard InChI is InChI=1S/C11H10BrNO/c1-7-3-4-13-10-6-11(14-2)9(12)5-8(7)10/h3-6H,1-2H3. The summed E-state index contributed by atoms with van der Waals surface area (Å²) in [6.45, 7) is 2.07. The molecule has 14 heavy (non-hydrogen) atoms. The van der Waals surface area contributed by atoms with Gasteiger partial charge in [-0.25, -0.2) is 0 Å². The molecule has 2 aromatic rings. The van der Waals surface area contributed by atoms with Gasteiger partial charge in [0, 0.05) is 17.6 Å². The van der Waals surface area contributed by atoms with Gasteiger partial charge in [-0.05, 0) is 40.5 Å². The molecule has 1 heterocycles. The first kappa shape index (κ1) is 9.46. The summed E-state index contributed by atoms with van der Waals surface area (Å²) in [6, 6.07) is 5.98. The Morgan fingerprint density at radius 2 is 2.14 bits per heavy atom. The van der Waals surface area contributed by atoms with Crippen LogP contribution in [0.4, 0.5) is 0 Å². The summed E-state index contributed by atoms with van der Waals surface area (Å²) < 4.78 is 6.17. The summed E-state index contributed by atoms with van der Waals surface area (Å²) in [5, 5.41) is 1.15. The minimum atomic E-state index is 0.815. The average Bonchev–Trinajstić information content (AvgIpc) is 2.19. The number of aromatic nitrogens is 1. The number of aryl methyl sites for hydroxylation is 1. The van der Waals surface area contributed by atoms with Crippen molar-refractivity contribution in [1.82, 2.24) is 4.98 Å². The summed E-state index contributed by atoms with van der Waals surface area (Å²) in [6.07, 6.45) is 1.81. The molecule has 0 unspecified atom stereocenters. The molecule has 2 rings (SSSR count). The lowest BCUT2D eigenvalue weighted by Gasteiger charge is -2.06. The van der Waals surface area contributed by atoms with Crippen molar-refractivity contribution < 1.29 is 4.74 Å². The van der Waals surface area contributed by atoms with Gasteiger partial charge in [0.1, 0.15) is 5.75 Å². The van der Waals surface area contributed by atoms with Gasteiger partial charge in [-0.1, -0.05) is 0 Å². The molecule has 1 aromatic heterocycles. The minimum absolute atomic E-state index is 0.815. The predicted molar refractivity (Wildman–Crippen MR) is 60.7 cm³/mol. The highest BCUT2D eigenvalue weighted by Crippen LogP contribution is 2.30. The third-order valence-corrected chi connectivity index (χ3v) is 2.85. The van der Waals surface area contributed by atoms with Crippen LogP contribution < -0.4 is 4.74 Å². The van der Waals surface area contributed by atoms with Crippen molar-refractivity contribution in [2.45, 2.75) is 6.92 Å². The number of methoxy groups -OCH3 is 1. The maximum atomic E-state index is 5.21. The zero-order valence-electron chi connectivity index (χ0n) is 8.04. The predicted octanol–water partition coefficient (Wildman–Crippen LogP) is 3.31. The molecule has 3 heteroatoms. The summed E-state index contributed by atoms with van der Waals surface area (Å²) in [4.78, 5) is 4.29. The quantitative estimate of drug-likeness (QED) is 0.776. The summed E-state index contributed by atoms with van der Waals surface area (Å²) in [5.41, 5.74) is 2.18. The SMILES string of the molecule is COc1cc2nccc(C)c2cc1Br. The van der Waals surface area contributed by atoms with Crippen molar-refractivity contribution in [2.24, 2.45) is 0 Å². The van der Waals surface area contributed by atoms with Crippen molar-refractivity contribution in [2.75, 3.05) is 7.11 Å². The molecular weight excluding hydrogens is 242 g/mol. The third kappa shape index (κ3) is 1.48. The third-order valence-electron chi connectivity index (χ3n) is 2.23. The number of hydrogen-bond donors (Lipinski definition) is 0. The molecular formula is C11H10BrNO. The molecule has 0 aliphatic rings. The maximum Gasteiger partial charge on any atom is 0.135 e. The van der Waals surface area contributed by atoms with E-state index in [2.05, 4.69) is 27.8 Å². The smallest absolute Gasteiger partial charge is 0.135 e. The molecule has 1 aromatic carbocycles. The summed E-state index contributed by atoms with van der Waals surface area (Å²) >= 11 is 3.46. The van der Waals surface area contributed by atoms with Gasteiger partial charge in [0.15, 0.2) is 0 Å². The van der Waals surface area contributed by atoms with E-state index in [4.69, 9.17) is 4.74 Å². The zero-order chi connectivity index (χ0) is 10.1. The van der Waals surface area contributed by atoms with E-state index < -0.39 is 0 Å². The first-order valence-corrected chi connectivity index (χ1v) is 5.10. The second-order valence-electron chi connectivity index (χ2n) is 3.13. The van der Waals surface area contributed by atoms with Gasteiger partial charge in [0.25, 0.3) is 0 Å². The van der Waals surface area contributed by atoms with Crippen LogP contribution in [0.25, 0.3) is 10.9 Å². The van der Waals surface area contributed by atoms with Gasteiger partial charge in [-0.15, -0.1) is 0 Å². The molecule has 0 N–H and O–H groups in total. The van der Waals surface area contributed by atoms with Crippen molar-refractivity contribution in [1.29, 1.82) is 0 Å². The summed E-state index contributed by atoms with van der Waals surface area (Å²) in [7, 11) is 1.65. The molecule has 0 fully saturated rings. The molecule has 0 aliphatic heterocycles. The first-order valence-electron chi connectivity index (χ1n) is 4.31. The molecule has 0 radical (unpaired) electrons. The fraction of sp³-hybridized carbons (Fsp3) is 0.182. The number of fused-ring (bicyclic) bond motifs is 1. The van der Waals surface area contributed by atoms with E-state index in [0.717, 1.165) is 21.1 Å². The van der Waals surface area contributed by atoms with E-state index >= 15 is 0 Å². The monoisotopic (exact) mass is 251 g/mol. The van der Waals surface area contributed by atoms with Gasteiger partial charge >= 0.3 is 0 Å². The average molecular weight is 252 g/mol. The highest BCUT2D eigenvalue weighted by Gasteiger charge is 2.04. The molecule has 2 nitrogen and oxygen atoms in total. The molecule has 0 aliphatic carbocycles. The number of pyridine rings is 1. The van der Waals surface area contributed by atoms with E-state index in [1.165, 1.54) is 5.56 Å². The van der Waals surface area contributed by atoms with Crippen molar-refractivity contribution >= 4 is 26.8 Å². The van der Waals surface area contributed by atoms with Gasteiger partial charge in [0.2, 0.25) is 0 Å². The normalized spacial score (nSPS) is 10.5. The molecule has 0 bridgehead atoms. The highest BCUT2D eigenvalue weighted by atomic mass is 79.9. The Kier molecular flexibility index (Phi) is 2.42. The van der Waals surface area contributed by atoms with E-state index in [1.54, 1.807) is 7.11 Å². The Morgan fingerprint density at radius 3 is 2.86 bits per heavy atom. The molecule has 72 valence electrons. The van der Waals surface area contributed by atoms with Gasteiger partial charge in [0.05, 0.1) is 17.1 Å². The largest absolute Gasteiger partial charge is 0.495 e. The van der Waals surface area contributed by atoms with Crippen LogP contribution in [-0.4, -0.2) is 12.1 Å². The van der Waals surface area contributed by atoms with Crippen LogP contribution in [0.2, 0.25) is 0 Å². The number of nitrogens with zero attached hydrogens (tertiary/aromatic N) is 1. The zero-order valence-corrected chi connectivity index (χ0v) is 9.63. The van der Waals surface area contributed by atoms with Crippen LogP contribution in [0.3, 0.4) is 0 Å². The number of hydrogen-bond acceptors (Lipinski definition) is 2. The lowest BCUT2D eigenvalue weighted by Crippen LogP contribution is -1.87. The molecule has 0 atom stereocenters. The minimum Gasteiger partial charge on any atom is -0.495 e. The van der Waals surface area contributed by atoms with Crippen molar-refractivity contribution in [3.8, 4) is 5.75 Å². The first-order chi connectivity index (χ1) is 6.72. The lowest BCUT2D eigenvalue weighted by molar-refractivity contribution is 0.412. The number of rotatable bonds is 1. The van der Waals surface area contributed by atoms with E-state index in [1.807, 2.05) is 24.4 Å². The van der Waals surface area contributed by atoms with Crippen LogP contribution in [0.5, 0.6) is 5.75 Å². The van der Waals surface area contributed by atoms with Crippen LogP contribution >= 0.6 is 15.9 Å². The maximum absolute atomic E-state index is 5.21. The lowest BCUT2D eigenvalue weighted by atomic mass is 10.1. The molecule has 0 amide bonds. The summed E-state index contributed by atoms with van der Waals surface area (Å²) in [5.74, 6) is 0.815. The number of benzene rings is 1. The second kappa shape index (κ2) is 3.58. The topological polar surface area (TPSA) is 22.1 Å². The highest BCUT2D eigenvalue weighted by molar-refractivity contribution is 9.10. The van der Waals surface area contributed by atoms with Crippen molar-refractivity contribution in [3.63, 3.8) is 0 Å². The Labute approximate surface area is 91.0 Å². The van der Waals surface area contributed by atoms with Gasteiger partial charge < -0.3 is 4.74 Å². The van der Waals surface area contributed by atoms with E-state index in [0.29, 0.717) is 0 Å². The van der Waals surface area contributed by atoms with Crippen LogP contribution in [0.15, 0.2) is 28.9 Å². The van der Waals surface area contributed by atoms with Gasteiger partial charge in [-0.3, -0.25) is 4.98 Å². The molecule has 0 spiro atoms. The van der Waals surface area contributed by atoms with Crippen LogP contribution in [0.1, 0.15) is 5.56 Å². The van der Waals surface area contributed by atoms with Crippen LogP contribution in [-0.2, 0) is 0 Å². The fourth-order valence-electron chi connectivity index (χ4n) is 1.44. The van der Waals surface area contributed by atoms with Crippen LogP contribution in [0, 0.1) is 6.92 Å². The molecule has 0 saturated carbocycles. The fourth-order valence-corrected chi connectivity index (χ4v) is 1.95. The Morgan fingerprint density at radius 1 is 1.36 bits per heavy atom. The van der Waals surface area contributed by atoms with Gasteiger partial charge in [-0.2, -0.15) is 0 Å². The number of halogens is 1. The van der Waals surface area contributed by atoms with E-state index in [9.17, 15) is 0 Å². The number of ether oxygens (including phenoxy) is 1. The van der Waals surface area contributed by atoms with E-state index in [-0.39, 0.29) is 0 Å².